The van der Waals surface area contributed by atoms with E-state index in [9.17, 15) is 0 Å². The summed E-state index contributed by atoms with van der Waals surface area (Å²) in [6.45, 7) is 10.2. The highest BCUT2D eigenvalue weighted by atomic mass is 16.5. The van der Waals surface area contributed by atoms with Crippen LogP contribution in [0.2, 0.25) is 0 Å². The number of nitrogens with one attached hydrogen (secondary N) is 1. The van der Waals surface area contributed by atoms with Crippen molar-refractivity contribution in [2.45, 2.75) is 45.8 Å². The third-order valence-corrected chi connectivity index (χ3v) is 2.93. The lowest BCUT2D eigenvalue weighted by Gasteiger charge is -2.21. The molecule has 4 heteroatoms. The SMILES string of the molecule is CC(C)(C)NCc1cc(CN2CC=CCC2)on1. The monoisotopic (exact) mass is 249 g/mol. The van der Waals surface area contributed by atoms with Gasteiger partial charge in [0, 0.05) is 31.2 Å². The van der Waals surface area contributed by atoms with E-state index >= 15 is 0 Å². The van der Waals surface area contributed by atoms with Gasteiger partial charge in [0.2, 0.25) is 0 Å². The topological polar surface area (TPSA) is 41.3 Å². The van der Waals surface area contributed by atoms with Crippen molar-refractivity contribution in [3.05, 3.63) is 29.7 Å². The molecule has 0 saturated carbocycles. The number of hydrogen-bond acceptors (Lipinski definition) is 4. The Kier molecular flexibility index (Phi) is 4.19. The summed E-state index contributed by atoms with van der Waals surface area (Å²) in [5.74, 6) is 0.955. The summed E-state index contributed by atoms with van der Waals surface area (Å²) >= 11 is 0. The average Bonchev–Trinajstić information content (AvgIpc) is 2.75. The van der Waals surface area contributed by atoms with E-state index in [2.05, 4.69) is 54.4 Å². The van der Waals surface area contributed by atoms with Crippen molar-refractivity contribution in [1.82, 2.24) is 15.4 Å². The standard InChI is InChI=1S/C14H23N3O/c1-14(2,3)15-10-12-9-13(18-16-12)11-17-7-5-4-6-8-17/h4-5,9,15H,6-8,10-11H2,1-3H3. The normalized spacial score (nSPS) is 17.3. The molecule has 18 heavy (non-hydrogen) atoms. The predicted octanol–water partition coefficient (Wildman–Crippen LogP) is 2.32. The Morgan fingerprint density at radius 1 is 1.39 bits per heavy atom. The van der Waals surface area contributed by atoms with Crippen LogP contribution in [0.25, 0.3) is 0 Å². The minimum absolute atomic E-state index is 0.108. The lowest BCUT2D eigenvalue weighted by atomic mass is 10.1. The molecule has 0 atom stereocenters. The van der Waals surface area contributed by atoms with Crippen molar-refractivity contribution >= 4 is 0 Å². The van der Waals surface area contributed by atoms with Crippen molar-refractivity contribution < 1.29 is 4.52 Å². The molecule has 2 rings (SSSR count). The molecule has 0 amide bonds. The van der Waals surface area contributed by atoms with Gasteiger partial charge in [-0.2, -0.15) is 0 Å². The first kappa shape index (κ1) is 13.3. The van der Waals surface area contributed by atoms with Crippen LogP contribution in [-0.2, 0) is 13.1 Å². The molecule has 0 fully saturated rings. The number of rotatable bonds is 4. The molecule has 0 aliphatic carbocycles. The van der Waals surface area contributed by atoms with Gasteiger partial charge >= 0.3 is 0 Å². The van der Waals surface area contributed by atoms with E-state index < -0.39 is 0 Å². The molecular weight excluding hydrogens is 226 g/mol. The highest BCUT2D eigenvalue weighted by Crippen LogP contribution is 2.11. The van der Waals surface area contributed by atoms with E-state index in [0.717, 1.165) is 44.1 Å². The fourth-order valence-corrected chi connectivity index (χ4v) is 1.92. The first-order chi connectivity index (χ1) is 8.53. The zero-order valence-electron chi connectivity index (χ0n) is 11.6. The molecule has 1 aromatic heterocycles. The second-order valence-electron chi connectivity index (χ2n) is 5.88. The largest absolute Gasteiger partial charge is 0.360 e. The molecule has 4 nitrogen and oxygen atoms in total. The zero-order valence-corrected chi connectivity index (χ0v) is 11.6. The maximum atomic E-state index is 5.38. The lowest BCUT2D eigenvalue weighted by molar-refractivity contribution is 0.247. The minimum Gasteiger partial charge on any atom is -0.360 e. The molecule has 1 aliphatic rings. The Labute approximate surface area is 109 Å². The smallest absolute Gasteiger partial charge is 0.151 e. The fourth-order valence-electron chi connectivity index (χ4n) is 1.92. The van der Waals surface area contributed by atoms with E-state index in [1.165, 1.54) is 0 Å². The number of nitrogens with zero attached hydrogens (tertiary/aromatic N) is 2. The van der Waals surface area contributed by atoms with Gasteiger partial charge in [-0.1, -0.05) is 17.3 Å². The van der Waals surface area contributed by atoms with Gasteiger partial charge in [0.1, 0.15) is 0 Å². The third kappa shape index (κ3) is 4.27. The van der Waals surface area contributed by atoms with Crippen LogP contribution >= 0.6 is 0 Å². The number of aromatic nitrogens is 1. The van der Waals surface area contributed by atoms with Gasteiger partial charge in [0.05, 0.1) is 12.2 Å². The van der Waals surface area contributed by atoms with Crippen LogP contribution in [0, 0.1) is 0 Å². The van der Waals surface area contributed by atoms with Crippen molar-refractivity contribution in [3.8, 4) is 0 Å². The molecule has 0 spiro atoms. The predicted molar refractivity (Wildman–Crippen MR) is 72.1 cm³/mol. The first-order valence-electron chi connectivity index (χ1n) is 6.60. The van der Waals surface area contributed by atoms with Crippen molar-refractivity contribution in [2.75, 3.05) is 13.1 Å². The van der Waals surface area contributed by atoms with Gasteiger partial charge in [-0.25, -0.2) is 0 Å². The fraction of sp³-hybridized carbons (Fsp3) is 0.643. The maximum Gasteiger partial charge on any atom is 0.151 e. The van der Waals surface area contributed by atoms with Crippen molar-refractivity contribution in [2.24, 2.45) is 0 Å². The second-order valence-corrected chi connectivity index (χ2v) is 5.88. The molecule has 1 N–H and O–H groups in total. The Hall–Kier alpha value is -1.13. The van der Waals surface area contributed by atoms with Gasteiger partial charge in [-0.05, 0) is 27.2 Å². The Morgan fingerprint density at radius 2 is 2.22 bits per heavy atom. The average molecular weight is 249 g/mol. The molecule has 2 heterocycles. The minimum atomic E-state index is 0.108. The van der Waals surface area contributed by atoms with Crippen molar-refractivity contribution in [3.63, 3.8) is 0 Å². The Morgan fingerprint density at radius 3 is 2.89 bits per heavy atom. The summed E-state index contributed by atoms with van der Waals surface area (Å²) < 4.78 is 5.38. The van der Waals surface area contributed by atoms with Gasteiger partial charge < -0.3 is 9.84 Å². The quantitative estimate of drug-likeness (QED) is 0.832. The van der Waals surface area contributed by atoms with Gasteiger partial charge in [0.25, 0.3) is 0 Å². The van der Waals surface area contributed by atoms with Crippen LogP contribution in [0.3, 0.4) is 0 Å². The summed E-state index contributed by atoms with van der Waals surface area (Å²) in [5.41, 5.74) is 1.09. The van der Waals surface area contributed by atoms with E-state index in [-0.39, 0.29) is 5.54 Å². The van der Waals surface area contributed by atoms with Crippen LogP contribution < -0.4 is 5.32 Å². The van der Waals surface area contributed by atoms with E-state index in [0.29, 0.717) is 0 Å². The summed E-state index contributed by atoms with van der Waals surface area (Å²) in [5, 5.41) is 7.51. The highest BCUT2D eigenvalue weighted by Gasteiger charge is 2.13. The maximum absolute atomic E-state index is 5.38. The molecule has 0 radical (unpaired) electrons. The summed E-state index contributed by atoms with van der Waals surface area (Å²) in [6, 6.07) is 2.05. The van der Waals surface area contributed by atoms with E-state index in [4.69, 9.17) is 4.52 Å². The molecule has 0 saturated heterocycles. The highest BCUT2D eigenvalue weighted by molar-refractivity contribution is 5.06. The van der Waals surface area contributed by atoms with E-state index in [1.54, 1.807) is 0 Å². The second kappa shape index (κ2) is 5.67. The third-order valence-electron chi connectivity index (χ3n) is 2.93. The van der Waals surface area contributed by atoms with Gasteiger partial charge in [-0.15, -0.1) is 0 Å². The van der Waals surface area contributed by atoms with Gasteiger partial charge in [-0.3, -0.25) is 4.90 Å². The van der Waals surface area contributed by atoms with Crippen molar-refractivity contribution in [1.29, 1.82) is 0 Å². The molecule has 100 valence electrons. The van der Waals surface area contributed by atoms with Crippen LogP contribution in [0.1, 0.15) is 38.6 Å². The molecule has 0 aromatic carbocycles. The molecular formula is C14H23N3O. The lowest BCUT2D eigenvalue weighted by Crippen LogP contribution is -2.35. The van der Waals surface area contributed by atoms with Gasteiger partial charge in [0.15, 0.2) is 5.76 Å². The van der Waals surface area contributed by atoms with Crippen LogP contribution in [0.15, 0.2) is 22.7 Å². The molecule has 1 aromatic rings. The molecule has 0 bridgehead atoms. The Bertz CT molecular complexity index is 403. The Balaban J connectivity index is 1.84. The van der Waals surface area contributed by atoms with Crippen LogP contribution in [0.4, 0.5) is 0 Å². The summed E-state index contributed by atoms with van der Waals surface area (Å²) in [6.07, 6.45) is 5.57. The number of hydrogen-bond donors (Lipinski definition) is 1. The first-order valence-corrected chi connectivity index (χ1v) is 6.60. The van der Waals surface area contributed by atoms with Crippen LogP contribution in [0.5, 0.6) is 0 Å². The van der Waals surface area contributed by atoms with E-state index in [1.807, 2.05) is 0 Å². The van der Waals surface area contributed by atoms with Crippen LogP contribution in [-0.4, -0.2) is 28.7 Å². The zero-order chi connectivity index (χ0) is 13.0. The molecule has 0 unspecified atom stereocenters. The summed E-state index contributed by atoms with van der Waals surface area (Å²) in [4.78, 5) is 2.36. The summed E-state index contributed by atoms with van der Waals surface area (Å²) in [7, 11) is 0. The molecule has 1 aliphatic heterocycles.